The van der Waals surface area contributed by atoms with Crippen LogP contribution in [0.3, 0.4) is 0 Å². The van der Waals surface area contributed by atoms with Crippen molar-refractivity contribution in [1.29, 1.82) is 0 Å². The summed E-state index contributed by atoms with van der Waals surface area (Å²) in [6.45, 7) is 0. The fourth-order valence-corrected chi connectivity index (χ4v) is 1.17. The normalized spacial score (nSPS) is 10.5. The maximum absolute atomic E-state index is 4.27. The summed E-state index contributed by atoms with van der Waals surface area (Å²) >= 11 is 0. The number of aromatic amines is 1. The largest absolute Gasteiger partial charge is 0.376 e. The Morgan fingerprint density at radius 2 is 2.25 bits per heavy atom. The third kappa shape index (κ3) is 1.03. The van der Waals surface area contributed by atoms with Crippen LogP contribution in [-0.2, 0) is 0 Å². The molecule has 0 unspecified atom stereocenters. The molecule has 0 aromatic carbocycles. The molecule has 2 aromatic heterocycles. The van der Waals surface area contributed by atoms with Crippen LogP contribution in [0.1, 0.15) is 0 Å². The number of anilines is 1. The fourth-order valence-electron chi connectivity index (χ4n) is 1.17. The molecule has 0 aliphatic carbocycles. The number of pyridine rings is 1. The molecule has 1 N–H and O–H groups in total. The predicted octanol–water partition coefficient (Wildman–Crippen LogP) is 1.63. The second-order valence-electron chi connectivity index (χ2n) is 3.00. The number of nitrogens with one attached hydrogen (secondary N) is 1. The lowest BCUT2D eigenvalue weighted by Gasteiger charge is -2.10. The van der Waals surface area contributed by atoms with Gasteiger partial charge in [-0.2, -0.15) is 0 Å². The van der Waals surface area contributed by atoms with Crippen LogP contribution in [0, 0.1) is 0 Å². The van der Waals surface area contributed by atoms with Crippen LogP contribution in [0.2, 0.25) is 0 Å². The Labute approximate surface area is 71.0 Å². The molecule has 0 amide bonds. The van der Waals surface area contributed by atoms with Crippen LogP contribution in [0.15, 0.2) is 24.5 Å². The van der Waals surface area contributed by atoms with E-state index in [1.807, 2.05) is 37.5 Å². The average molecular weight is 161 g/mol. The number of nitrogens with zero attached hydrogens (tertiary/aromatic N) is 2. The van der Waals surface area contributed by atoms with Crippen LogP contribution in [0.4, 0.5) is 5.69 Å². The Hall–Kier alpha value is -1.51. The number of fused-ring (bicyclic) bond motifs is 1. The van der Waals surface area contributed by atoms with E-state index in [0.29, 0.717) is 0 Å². The van der Waals surface area contributed by atoms with Crippen molar-refractivity contribution in [1.82, 2.24) is 9.97 Å². The predicted molar refractivity (Wildman–Crippen MR) is 50.4 cm³/mol. The zero-order valence-corrected chi connectivity index (χ0v) is 7.20. The van der Waals surface area contributed by atoms with E-state index >= 15 is 0 Å². The smallest absolute Gasteiger partial charge is 0.137 e. The highest BCUT2D eigenvalue weighted by atomic mass is 15.1. The Morgan fingerprint density at radius 3 is 3.00 bits per heavy atom. The van der Waals surface area contributed by atoms with Gasteiger partial charge in [-0.05, 0) is 12.1 Å². The Kier molecular flexibility index (Phi) is 1.50. The minimum absolute atomic E-state index is 0.945. The molecule has 3 heteroatoms. The van der Waals surface area contributed by atoms with E-state index in [-0.39, 0.29) is 0 Å². The lowest BCUT2D eigenvalue weighted by molar-refractivity contribution is 1.12. The van der Waals surface area contributed by atoms with E-state index in [0.717, 1.165) is 16.7 Å². The summed E-state index contributed by atoms with van der Waals surface area (Å²) in [6, 6.07) is 4.13. The fraction of sp³-hybridized carbons (Fsp3) is 0.222. The van der Waals surface area contributed by atoms with Gasteiger partial charge in [-0.15, -0.1) is 0 Å². The molecule has 0 aliphatic rings. The molecule has 2 rings (SSSR count). The molecular formula is C9H11N3. The summed E-state index contributed by atoms with van der Waals surface area (Å²) in [4.78, 5) is 9.36. The number of H-pyrrole nitrogens is 1. The number of rotatable bonds is 1. The molecule has 3 nitrogen and oxygen atoms in total. The zero-order valence-electron chi connectivity index (χ0n) is 7.20. The maximum atomic E-state index is 4.27. The van der Waals surface area contributed by atoms with Crippen molar-refractivity contribution < 1.29 is 0 Å². The van der Waals surface area contributed by atoms with E-state index in [1.165, 1.54) is 0 Å². The molecule has 0 spiro atoms. The Morgan fingerprint density at radius 1 is 1.42 bits per heavy atom. The van der Waals surface area contributed by atoms with Crippen LogP contribution >= 0.6 is 0 Å². The topological polar surface area (TPSA) is 31.9 Å². The van der Waals surface area contributed by atoms with Gasteiger partial charge in [0, 0.05) is 25.7 Å². The van der Waals surface area contributed by atoms with Crippen molar-refractivity contribution in [3.8, 4) is 0 Å². The number of hydrogen-bond acceptors (Lipinski definition) is 2. The Bertz CT molecular complexity index is 389. The molecule has 0 radical (unpaired) electrons. The third-order valence-electron chi connectivity index (χ3n) is 1.90. The highest BCUT2D eigenvalue weighted by Crippen LogP contribution is 2.16. The number of aromatic nitrogens is 2. The van der Waals surface area contributed by atoms with Crippen molar-refractivity contribution in [2.75, 3.05) is 19.0 Å². The molecule has 0 fully saturated rings. The molecule has 0 bridgehead atoms. The standard InChI is InChI=1S/C9H11N3/c1-12(2)8-5-7-3-4-10-9(7)11-6-8/h3-6H,1-2H3,(H,10,11). The second-order valence-corrected chi connectivity index (χ2v) is 3.00. The summed E-state index contributed by atoms with van der Waals surface area (Å²) in [5.41, 5.74) is 2.07. The van der Waals surface area contributed by atoms with Gasteiger partial charge in [0.15, 0.2) is 0 Å². The van der Waals surface area contributed by atoms with Gasteiger partial charge in [0.2, 0.25) is 0 Å². The molecule has 62 valence electrons. The van der Waals surface area contributed by atoms with E-state index < -0.39 is 0 Å². The van der Waals surface area contributed by atoms with Crippen LogP contribution < -0.4 is 4.90 Å². The van der Waals surface area contributed by atoms with Crippen molar-refractivity contribution in [2.45, 2.75) is 0 Å². The lowest BCUT2D eigenvalue weighted by atomic mass is 10.3. The van der Waals surface area contributed by atoms with E-state index in [1.54, 1.807) is 0 Å². The average Bonchev–Trinajstić information content (AvgIpc) is 2.49. The molecule has 0 atom stereocenters. The molecule has 0 saturated carbocycles. The number of hydrogen-bond donors (Lipinski definition) is 1. The first-order valence-electron chi connectivity index (χ1n) is 3.88. The zero-order chi connectivity index (χ0) is 8.55. The molecule has 0 aliphatic heterocycles. The highest BCUT2D eigenvalue weighted by Gasteiger charge is 1.98. The minimum Gasteiger partial charge on any atom is -0.376 e. The van der Waals surface area contributed by atoms with Gasteiger partial charge in [-0.3, -0.25) is 0 Å². The van der Waals surface area contributed by atoms with Crippen molar-refractivity contribution in [3.63, 3.8) is 0 Å². The molecule has 2 heterocycles. The van der Waals surface area contributed by atoms with Crippen molar-refractivity contribution >= 4 is 16.7 Å². The summed E-state index contributed by atoms with van der Waals surface area (Å²) in [6.07, 6.45) is 3.76. The van der Waals surface area contributed by atoms with E-state index in [9.17, 15) is 0 Å². The highest BCUT2D eigenvalue weighted by molar-refractivity contribution is 5.78. The first-order valence-corrected chi connectivity index (χ1v) is 3.88. The molecular weight excluding hydrogens is 150 g/mol. The van der Waals surface area contributed by atoms with Gasteiger partial charge < -0.3 is 9.88 Å². The first kappa shape index (κ1) is 7.16. The molecule has 12 heavy (non-hydrogen) atoms. The van der Waals surface area contributed by atoms with Crippen LogP contribution in [0.5, 0.6) is 0 Å². The summed E-state index contributed by atoms with van der Waals surface area (Å²) < 4.78 is 0. The van der Waals surface area contributed by atoms with Gasteiger partial charge in [0.05, 0.1) is 11.9 Å². The van der Waals surface area contributed by atoms with Gasteiger partial charge in [-0.1, -0.05) is 0 Å². The monoisotopic (exact) mass is 161 g/mol. The van der Waals surface area contributed by atoms with Crippen molar-refractivity contribution in [2.24, 2.45) is 0 Å². The third-order valence-corrected chi connectivity index (χ3v) is 1.90. The molecule has 0 saturated heterocycles. The van der Waals surface area contributed by atoms with Gasteiger partial charge >= 0.3 is 0 Å². The molecule has 2 aromatic rings. The van der Waals surface area contributed by atoms with Crippen LogP contribution in [0.25, 0.3) is 11.0 Å². The lowest BCUT2D eigenvalue weighted by Crippen LogP contribution is -2.08. The van der Waals surface area contributed by atoms with E-state index in [2.05, 4.69) is 16.0 Å². The Balaban J connectivity index is 2.60. The second kappa shape index (κ2) is 2.52. The van der Waals surface area contributed by atoms with Crippen LogP contribution in [-0.4, -0.2) is 24.1 Å². The quantitative estimate of drug-likeness (QED) is 0.689. The summed E-state index contributed by atoms with van der Waals surface area (Å²) in [5, 5.41) is 1.15. The minimum atomic E-state index is 0.945. The SMILES string of the molecule is CN(C)c1cnc2[nH]ccc2c1. The first-order chi connectivity index (χ1) is 5.77. The van der Waals surface area contributed by atoms with Gasteiger partial charge in [0.1, 0.15) is 5.65 Å². The summed E-state index contributed by atoms with van der Waals surface area (Å²) in [5.74, 6) is 0. The van der Waals surface area contributed by atoms with Gasteiger partial charge in [0.25, 0.3) is 0 Å². The van der Waals surface area contributed by atoms with E-state index in [4.69, 9.17) is 0 Å². The van der Waals surface area contributed by atoms with Crippen molar-refractivity contribution in [3.05, 3.63) is 24.5 Å². The van der Waals surface area contributed by atoms with Gasteiger partial charge in [-0.25, -0.2) is 4.98 Å². The summed E-state index contributed by atoms with van der Waals surface area (Å²) in [7, 11) is 4.02. The maximum Gasteiger partial charge on any atom is 0.137 e.